The predicted molar refractivity (Wildman–Crippen MR) is 97.4 cm³/mol. The molecule has 14 nitrogen and oxygen atoms in total. The number of halogens is 1. The molecule has 3 unspecified atom stereocenters. The highest BCUT2D eigenvalue weighted by molar-refractivity contribution is 7.71. The zero-order valence-electron chi connectivity index (χ0n) is 14.6. The van der Waals surface area contributed by atoms with E-state index in [4.69, 9.17) is 32.6 Å². The number of alkyl halides is 1. The Kier molecular flexibility index (Phi) is 8.83. The molecule has 7 N–H and O–H groups in total. The minimum atomic E-state index is -5.66. The fraction of sp³-hybridized carbons (Fsp3) is 0.600. The second kappa shape index (κ2) is 9.69. The van der Waals surface area contributed by atoms with Crippen molar-refractivity contribution < 1.29 is 55.9 Å². The van der Waals surface area contributed by atoms with Crippen molar-refractivity contribution in [3.05, 3.63) is 17.0 Å². The maximum atomic E-state index is 14.7. The first-order valence-electron chi connectivity index (χ1n) is 7.41. The third kappa shape index (κ3) is 9.83. The summed E-state index contributed by atoms with van der Waals surface area (Å²) in [7, 11) is -16.5. The molecule has 1 aromatic heterocycles. The molecule has 0 amide bonds. The van der Waals surface area contributed by atoms with Gasteiger partial charge in [-0.3, -0.25) is 4.52 Å². The Morgan fingerprint density at radius 1 is 1.28 bits per heavy atom. The van der Waals surface area contributed by atoms with Gasteiger partial charge >= 0.3 is 23.5 Å². The first-order valence-corrected chi connectivity index (χ1v) is 12.3. The van der Waals surface area contributed by atoms with Crippen LogP contribution in [0.5, 0.6) is 0 Å². The average molecular weight is 501 g/mol. The molecule has 4 atom stereocenters. The van der Waals surface area contributed by atoms with Crippen molar-refractivity contribution in [1.29, 1.82) is 0 Å². The number of hydrogen-bond acceptors (Lipinski definition) is 10. The number of hydrogen-bond donors (Lipinski definition) is 6. The lowest BCUT2D eigenvalue weighted by atomic mass is 9.98. The van der Waals surface area contributed by atoms with Gasteiger partial charge in [-0.05, 0) is 25.2 Å². The third-order valence-electron chi connectivity index (χ3n) is 3.13. The van der Waals surface area contributed by atoms with Crippen LogP contribution in [0, 0.1) is 4.77 Å². The lowest BCUT2D eigenvalue weighted by Gasteiger charge is -2.27. The second-order valence-electron chi connectivity index (χ2n) is 5.77. The van der Waals surface area contributed by atoms with Crippen LogP contribution >= 0.6 is 35.7 Å². The Labute approximate surface area is 168 Å². The molecule has 0 aliphatic rings. The van der Waals surface area contributed by atoms with Gasteiger partial charge in [0, 0.05) is 12.6 Å². The van der Waals surface area contributed by atoms with E-state index in [1.807, 2.05) is 0 Å². The van der Waals surface area contributed by atoms with Gasteiger partial charge in [0.05, 0.1) is 19.3 Å². The zero-order chi connectivity index (χ0) is 22.7. The Balaban J connectivity index is 2.65. The van der Waals surface area contributed by atoms with Crippen molar-refractivity contribution in [3.8, 4) is 0 Å². The normalized spacial score (nSPS) is 19.7. The van der Waals surface area contributed by atoms with E-state index >= 15 is 0 Å². The number of aliphatic hydroxyl groups is 1. The molecule has 1 aromatic rings. The Morgan fingerprint density at radius 3 is 2.38 bits per heavy atom. The van der Waals surface area contributed by atoms with Crippen LogP contribution in [0.1, 0.15) is 13.3 Å². The fourth-order valence-corrected chi connectivity index (χ4v) is 5.15. The highest BCUT2D eigenvalue weighted by Crippen LogP contribution is 2.66. The minimum Gasteiger partial charge on any atom is -0.390 e. The van der Waals surface area contributed by atoms with Gasteiger partial charge < -0.3 is 35.0 Å². The summed E-state index contributed by atoms with van der Waals surface area (Å²) >= 11 is 4.91. The van der Waals surface area contributed by atoms with E-state index in [9.17, 15) is 28.1 Å². The summed E-state index contributed by atoms with van der Waals surface area (Å²) in [6.45, 7) is -0.272. The lowest BCUT2D eigenvalue weighted by Crippen LogP contribution is -2.40. The summed E-state index contributed by atoms with van der Waals surface area (Å²) in [6, 6.07) is 1.35. The van der Waals surface area contributed by atoms with E-state index in [0.717, 1.165) is 6.92 Å². The van der Waals surface area contributed by atoms with Crippen molar-refractivity contribution in [1.82, 2.24) is 9.55 Å². The van der Waals surface area contributed by atoms with Crippen molar-refractivity contribution in [2.24, 2.45) is 0 Å². The average Bonchev–Trinajstić information content (AvgIpc) is 2.45. The maximum absolute atomic E-state index is 14.7. The highest BCUT2D eigenvalue weighted by Gasteiger charge is 2.41. The summed E-state index contributed by atoms with van der Waals surface area (Å²) in [5.41, 5.74) is 3.12. The van der Waals surface area contributed by atoms with Gasteiger partial charge in [0.2, 0.25) is 4.77 Å². The molecular weight excluding hydrogens is 482 g/mol. The summed E-state index contributed by atoms with van der Waals surface area (Å²) in [4.78, 5) is 38.9. The summed E-state index contributed by atoms with van der Waals surface area (Å²) in [6.07, 6.45) is -0.985. The van der Waals surface area contributed by atoms with Gasteiger partial charge in [-0.1, -0.05) is 0 Å². The van der Waals surface area contributed by atoms with Crippen molar-refractivity contribution in [2.45, 2.75) is 31.7 Å². The molecule has 0 fully saturated rings. The number of nitrogens with zero attached hydrogens (tertiary/aromatic N) is 2. The quantitative estimate of drug-likeness (QED) is 0.184. The molecule has 0 aliphatic carbocycles. The Hall–Kier alpha value is -0.600. The maximum Gasteiger partial charge on any atom is 0.490 e. The summed E-state index contributed by atoms with van der Waals surface area (Å²) in [5.74, 6) is 0.114. The van der Waals surface area contributed by atoms with Crippen LogP contribution < -0.4 is 5.73 Å². The molecule has 1 rings (SSSR count). The number of nitrogen functional groups attached to an aromatic ring is 1. The number of aliphatic hydroxyl groups excluding tert-OH is 1. The summed E-state index contributed by atoms with van der Waals surface area (Å²) in [5, 5.41) is 9.97. The van der Waals surface area contributed by atoms with E-state index in [0.29, 0.717) is 0 Å². The number of anilines is 1. The lowest BCUT2D eigenvalue weighted by molar-refractivity contribution is -0.0209. The van der Waals surface area contributed by atoms with E-state index in [-0.39, 0.29) is 10.6 Å². The topological polar surface area (TPSA) is 224 Å². The van der Waals surface area contributed by atoms with E-state index < -0.39 is 54.8 Å². The SMILES string of the molecule is CC(F)(Cn1ccc(N)nc1=S)[C@@H](O)CCOP(=O)(O)OP(=O)(O)OP(=O)(O)O. The molecule has 0 bridgehead atoms. The first kappa shape index (κ1) is 26.4. The smallest absolute Gasteiger partial charge is 0.390 e. The van der Waals surface area contributed by atoms with Crippen molar-refractivity contribution in [2.75, 3.05) is 12.3 Å². The highest BCUT2D eigenvalue weighted by atomic mass is 32.1. The van der Waals surface area contributed by atoms with Crippen molar-refractivity contribution in [3.63, 3.8) is 0 Å². The first-order chi connectivity index (χ1) is 12.9. The molecular formula is C10H19FN3O11P3S. The Morgan fingerprint density at radius 2 is 1.86 bits per heavy atom. The van der Waals surface area contributed by atoms with Gasteiger partial charge in [0.25, 0.3) is 0 Å². The van der Waals surface area contributed by atoms with Crippen LogP contribution in [0.4, 0.5) is 10.2 Å². The van der Waals surface area contributed by atoms with Crippen LogP contribution in [0.25, 0.3) is 0 Å². The number of phosphoric acid groups is 3. The molecule has 1 heterocycles. The van der Waals surface area contributed by atoms with E-state index in [1.165, 1.54) is 16.8 Å². The monoisotopic (exact) mass is 501 g/mol. The van der Waals surface area contributed by atoms with Gasteiger partial charge in [-0.2, -0.15) is 8.62 Å². The molecule has 19 heteroatoms. The summed E-state index contributed by atoms with van der Waals surface area (Å²) < 4.78 is 60.4. The second-order valence-corrected chi connectivity index (χ2v) is 10.6. The third-order valence-corrected chi connectivity index (χ3v) is 7.29. The predicted octanol–water partition coefficient (Wildman–Crippen LogP) is 1.02. The fourth-order valence-electron chi connectivity index (χ4n) is 1.88. The van der Waals surface area contributed by atoms with Crippen LogP contribution in [-0.4, -0.2) is 52.6 Å². The molecule has 29 heavy (non-hydrogen) atoms. The number of aromatic nitrogens is 2. The molecule has 0 aromatic carbocycles. The van der Waals surface area contributed by atoms with Gasteiger partial charge in [-0.25, -0.2) is 23.1 Å². The largest absolute Gasteiger partial charge is 0.490 e. The Bertz CT molecular complexity index is 922. The number of nitrogens with two attached hydrogens (primary N) is 1. The van der Waals surface area contributed by atoms with Crippen LogP contribution in [0.3, 0.4) is 0 Å². The van der Waals surface area contributed by atoms with Gasteiger partial charge in [0.15, 0.2) is 5.67 Å². The van der Waals surface area contributed by atoms with Gasteiger partial charge in [0.1, 0.15) is 5.82 Å². The number of rotatable bonds is 11. The van der Waals surface area contributed by atoms with Crippen LogP contribution in [-0.2, 0) is 33.4 Å². The van der Waals surface area contributed by atoms with Crippen LogP contribution in [0.2, 0.25) is 0 Å². The molecule has 0 aliphatic heterocycles. The van der Waals surface area contributed by atoms with E-state index in [1.54, 1.807) is 0 Å². The zero-order valence-corrected chi connectivity index (χ0v) is 18.1. The van der Waals surface area contributed by atoms with Gasteiger partial charge in [-0.15, -0.1) is 0 Å². The molecule has 0 saturated heterocycles. The van der Waals surface area contributed by atoms with E-state index in [2.05, 4.69) is 18.1 Å². The standard InChI is InChI=1S/C10H19FN3O11P3S/c1-10(11,6-14-4-2-8(12)13-9(14)29)7(15)3-5-23-27(19,20)25-28(21,22)24-26(16,17)18/h2,4,7,15H,3,5-6H2,1H3,(H,19,20)(H,21,22)(H2,12,13,29)(H2,16,17,18)/t7-,10?/m0/s1. The van der Waals surface area contributed by atoms with Crippen LogP contribution in [0.15, 0.2) is 12.3 Å². The molecule has 0 radical (unpaired) electrons. The van der Waals surface area contributed by atoms with Crippen molar-refractivity contribution >= 4 is 41.5 Å². The molecule has 168 valence electrons. The number of phosphoric ester groups is 1. The minimum absolute atomic E-state index is 0.0469. The molecule has 0 saturated carbocycles. The molecule has 0 spiro atoms.